The maximum absolute atomic E-state index is 13.0. The van der Waals surface area contributed by atoms with Crippen LogP contribution in [-0.4, -0.2) is 46.0 Å². The van der Waals surface area contributed by atoms with Gasteiger partial charge in [0, 0.05) is 55.1 Å². The summed E-state index contributed by atoms with van der Waals surface area (Å²) < 4.78 is 5.22. The topological polar surface area (TPSA) is 68.2 Å². The molecule has 6 nitrogen and oxygen atoms in total. The van der Waals surface area contributed by atoms with E-state index in [-0.39, 0.29) is 11.8 Å². The number of nitrogens with zero attached hydrogens (tertiary/aromatic N) is 4. The van der Waals surface area contributed by atoms with E-state index in [0.717, 1.165) is 66.0 Å². The second kappa shape index (κ2) is 11.3. The molecule has 0 radical (unpaired) electrons. The lowest BCUT2D eigenvalue weighted by Gasteiger charge is -2.33. The summed E-state index contributed by atoms with van der Waals surface area (Å²) in [6.07, 6.45) is 8.54. The third-order valence-corrected chi connectivity index (χ3v) is 7.19. The van der Waals surface area contributed by atoms with Gasteiger partial charge >= 0.3 is 0 Å². The number of hydrogen-bond donors (Lipinski definition) is 0. The number of ether oxygens (including phenoxy) is 1. The van der Waals surface area contributed by atoms with E-state index in [0.29, 0.717) is 12.2 Å². The van der Waals surface area contributed by atoms with Crippen LogP contribution in [0.25, 0.3) is 22.5 Å². The number of carbonyl (C=O) groups is 1. The van der Waals surface area contributed by atoms with Crippen LogP contribution in [0.5, 0.6) is 5.75 Å². The molecule has 0 atom stereocenters. The monoisotopic (exact) mass is 492 g/mol. The highest BCUT2D eigenvalue weighted by molar-refractivity contribution is 5.76. The Morgan fingerprint density at radius 1 is 0.973 bits per heavy atom. The van der Waals surface area contributed by atoms with Gasteiger partial charge in [-0.2, -0.15) is 0 Å². The Balaban J connectivity index is 1.31. The number of benzene rings is 2. The van der Waals surface area contributed by atoms with Crippen LogP contribution in [0.4, 0.5) is 0 Å². The van der Waals surface area contributed by atoms with Crippen LogP contribution < -0.4 is 4.74 Å². The first kappa shape index (κ1) is 24.6. The highest BCUT2D eigenvalue weighted by Crippen LogP contribution is 2.36. The van der Waals surface area contributed by atoms with Gasteiger partial charge in [-0.15, -0.1) is 0 Å². The third kappa shape index (κ3) is 5.69. The molecule has 2 aromatic carbocycles. The summed E-state index contributed by atoms with van der Waals surface area (Å²) in [6.45, 7) is 3.61. The van der Waals surface area contributed by atoms with Gasteiger partial charge in [0.1, 0.15) is 5.75 Å². The van der Waals surface area contributed by atoms with E-state index in [1.807, 2.05) is 47.5 Å². The van der Waals surface area contributed by atoms with Gasteiger partial charge in [-0.25, -0.2) is 9.97 Å². The zero-order valence-corrected chi connectivity index (χ0v) is 21.4. The molecule has 1 fully saturated rings. The smallest absolute Gasteiger partial charge is 0.222 e. The van der Waals surface area contributed by atoms with Crippen LogP contribution in [0.15, 0.2) is 79.3 Å². The van der Waals surface area contributed by atoms with Crippen molar-refractivity contribution in [2.75, 3.05) is 20.2 Å². The molecule has 0 saturated carbocycles. The molecule has 4 aromatic rings. The molecule has 37 heavy (non-hydrogen) atoms. The van der Waals surface area contributed by atoms with Crippen molar-refractivity contribution < 1.29 is 9.53 Å². The minimum absolute atomic E-state index is 0.215. The first-order chi connectivity index (χ1) is 18.1. The number of pyridine rings is 1. The Morgan fingerprint density at radius 2 is 1.76 bits per heavy atom. The Morgan fingerprint density at radius 3 is 2.46 bits per heavy atom. The molecule has 2 aromatic heterocycles. The average Bonchev–Trinajstić information content (AvgIpc) is 2.97. The first-order valence-electron chi connectivity index (χ1n) is 12.9. The number of aromatic nitrogens is 3. The van der Waals surface area contributed by atoms with Crippen LogP contribution >= 0.6 is 0 Å². The summed E-state index contributed by atoms with van der Waals surface area (Å²) in [7, 11) is 1.66. The minimum Gasteiger partial charge on any atom is -0.497 e. The fourth-order valence-corrected chi connectivity index (χ4v) is 5.03. The summed E-state index contributed by atoms with van der Waals surface area (Å²) in [6, 6.07) is 20.2. The van der Waals surface area contributed by atoms with E-state index in [9.17, 15) is 4.79 Å². The molecule has 3 heterocycles. The van der Waals surface area contributed by atoms with Gasteiger partial charge in [-0.3, -0.25) is 9.78 Å². The number of carbonyl (C=O) groups excluding carboxylic acids is 1. The van der Waals surface area contributed by atoms with Gasteiger partial charge in [-0.05, 0) is 67.1 Å². The largest absolute Gasteiger partial charge is 0.497 e. The average molecular weight is 493 g/mol. The molecule has 1 amide bonds. The third-order valence-electron chi connectivity index (χ3n) is 7.19. The van der Waals surface area contributed by atoms with Gasteiger partial charge < -0.3 is 9.64 Å². The van der Waals surface area contributed by atoms with E-state index in [4.69, 9.17) is 14.7 Å². The standard InChI is InChI=1S/C31H32N4O2/c1-22-6-3-4-8-27(22)28-21-33-31(25-7-5-17-32-20-25)34-30(28)24-15-18-35(19-16-24)29(36)14-11-23-9-12-26(37-2)13-10-23/h3-10,12-13,17,20-21,24H,11,14-16,18-19H2,1-2H3. The fourth-order valence-electron chi connectivity index (χ4n) is 5.03. The van der Waals surface area contributed by atoms with Crippen LogP contribution in [0.3, 0.4) is 0 Å². The van der Waals surface area contributed by atoms with Crippen LogP contribution in [0, 0.1) is 6.92 Å². The highest BCUT2D eigenvalue weighted by atomic mass is 16.5. The Hall–Kier alpha value is -4.06. The van der Waals surface area contributed by atoms with Crippen LogP contribution in [0.2, 0.25) is 0 Å². The normalized spacial score (nSPS) is 13.9. The Kier molecular flexibility index (Phi) is 7.54. The summed E-state index contributed by atoms with van der Waals surface area (Å²) in [5, 5.41) is 0. The fraction of sp³-hybridized carbons (Fsp3) is 0.290. The maximum atomic E-state index is 13.0. The van der Waals surface area contributed by atoms with E-state index >= 15 is 0 Å². The molecule has 0 N–H and O–H groups in total. The first-order valence-corrected chi connectivity index (χ1v) is 12.9. The number of rotatable bonds is 7. The van der Waals surface area contributed by atoms with Crippen molar-refractivity contribution in [2.24, 2.45) is 0 Å². The number of piperidine rings is 1. The number of hydrogen-bond acceptors (Lipinski definition) is 5. The van der Waals surface area contributed by atoms with Crippen molar-refractivity contribution >= 4 is 5.91 Å². The van der Waals surface area contributed by atoms with Crippen molar-refractivity contribution in [3.63, 3.8) is 0 Å². The molecule has 0 unspecified atom stereocenters. The summed E-state index contributed by atoms with van der Waals surface area (Å²) in [4.78, 5) is 29.0. The molecule has 1 aliphatic rings. The Labute approximate surface area is 218 Å². The number of amides is 1. The molecule has 6 heteroatoms. The second-order valence-corrected chi connectivity index (χ2v) is 9.55. The minimum atomic E-state index is 0.215. The molecule has 188 valence electrons. The molecular formula is C31H32N4O2. The number of aryl methyl sites for hydroxylation is 2. The van der Waals surface area contributed by atoms with E-state index in [2.05, 4.69) is 36.2 Å². The van der Waals surface area contributed by atoms with Crippen molar-refractivity contribution in [2.45, 2.75) is 38.5 Å². The van der Waals surface area contributed by atoms with Crippen molar-refractivity contribution in [1.82, 2.24) is 19.9 Å². The van der Waals surface area contributed by atoms with E-state index in [1.165, 1.54) is 5.56 Å². The predicted molar refractivity (Wildman–Crippen MR) is 145 cm³/mol. The van der Waals surface area contributed by atoms with Gasteiger partial charge in [0.05, 0.1) is 12.8 Å². The number of likely N-dealkylation sites (tertiary alicyclic amines) is 1. The SMILES string of the molecule is COc1ccc(CCC(=O)N2CCC(c3nc(-c4cccnc4)ncc3-c3ccccc3C)CC2)cc1. The van der Waals surface area contributed by atoms with Crippen molar-refractivity contribution in [1.29, 1.82) is 0 Å². The van der Waals surface area contributed by atoms with Crippen molar-refractivity contribution in [3.05, 3.63) is 96.1 Å². The lowest BCUT2D eigenvalue weighted by molar-refractivity contribution is -0.132. The van der Waals surface area contributed by atoms with Gasteiger partial charge in [-0.1, -0.05) is 36.4 Å². The lowest BCUT2D eigenvalue weighted by Crippen LogP contribution is -2.38. The van der Waals surface area contributed by atoms with Gasteiger partial charge in [0.2, 0.25) is 5.91 Å². The second-order valence-electron chi connectivity index (χ2n) is 9.55. The zero-order chi connectivity index (χ0) is 25.6. The van der Waals surface area contributed by atoms with Crippen molar-refractivity contribution in [3.8, 4) is 28.3 Å². The summed E-state index contributed by atoms with van der Waals surface area (Å²) in [5.41, 5.74) is 6.56. The Bertz CT molecular complexity index is 1350. The van der Waals surface area contributed by atoms with E-state index < -0.39 is 0 Å². The predicted octanol–water partition coefficient (Wildman–Crippen LogP) is 5.86. The molecule has 1 aliphatic heterocycles. The maximum Gasteiger partial charge on any atom is 0.222 e. The highest BCUT2D eigenvalue weighted by Gasteiger charge is 2.27. The molecule has 0 bridgehead atoms. The quantitative estimate of drug-likeness (QED) is 0.323. The summed E-state index contributed by atoms with van der Waals surface area (Å²) in [5.74, 6) is 2.00. The van der Waals surface area contributed by atoms with E-state index in [1.54, 1.807) is 19.5 Å². The molecule has 0 aliphatic carbocycles. The van der Waals surface area contributed by atoms with Gasteiger partial charge in [0.25, 0.3) is 0 Å². The molecule has 1 saturated heterocycles. The van der Waals surface area contributed by atoms with Crippen LogP contribution in [-0.2, 0) is 11.2 Å². The molecular weight excluding hydrogens is 460 g/mol. The van der Waals surface area contributed by atoms with Crippen LogP contribution in [0.1, 0.15) is 42.0 Å². The molecule has 0 spiro atoms. The molecule has 5 rings (SSSR count). The van der Waals surface area contributed by atoms with Gasteiger partial charge in [0.15, 0.2) is 5.82 Å². The lowest BCUT2D eigenvalue weighted by atomic mass is 9.87. The summed E-state index contributed by atoms with van der Waals surface area (Å²) >= 11 is 0. The zero-order valence-electron chi connectivity index (χ0n) is 21.4. The number of methoxy groups -OCH3 is 1.